The van der Waals surface area contributed by atoms with Gasteiger partial charge in [0, 0.05) is 31.3 Å². The van der Waals surface area contributed by atoms with Gasteiger partial charge in [0.05, 0.1) is 12.2 Å². The first-order valence-electron chi connectivity index (χ1n) is 13.4. The lowest BCUT2D eigenvalue weighted by molar-refractivity contribution is -0.139. The van der Waals surface area contributed by atoms with Crippen LogP contribution in [0, 0.1) is 23.2 Å². The number of allylic oxidation sites excluding steroid dienone is 1. The SMILES string of the molecule is C/C(=C\CCO[Si](C)(C)C(C)(C)C)[C@H]1CC(=O)[C@@H]2[C@H](CCOC(=O)c3ccccc3)C(=O)CC[C@]12C. The molecule has 2 saturated carbocycles. The zero-order valence-corrected chi connectivity index (χ0v) is 24.2. The molecule has 1 aromatic carbocycles. The predicted octanol–water partition coefficient (Wildman–Crippen LogP) is 6.78. The van der Waals surface area contributed by atoms with Crippen LogP contribution in [0.5, 0.6) is 0 Å². The smallest absolute Gasteiger partial charge is 0.338 e. The number of ether oxygens (including phenoxy) is 1. The van der Waals surface area contributed by atoms with E-state index in [1.807, 2.05) is 6.07 Å². The minimum atomic E-state index is -1.78. The Morgan fingerprint density at radius 1 is 1.11 bits per heavy atom. The fourth-order valence-corrected chi connectivity index (χ4v) is 6.89. The maximum absolute atomic E-state index is 13.3. The van der Waals surface area contributed by atoms with Crippen LogP contribution in [0.15, 0.2) is 42.0 Å². The number of carbonyl (C=O) groups excluding carboxylic acids is 3. The molecular formula is C30H44O5Si. The highest BCUT2D eigenvalue weighted by Gasteiger charge is 2.58. The second kappa shape index (κ2) is 11.1. The molecule has 0 aliphatic heterocycles. The maximum atomic E-state index is 13.3. The highest BCUT2D eigenvalue weighted by Crippen LogP contribution is 2.57. The Hall–Kier alpha value is -2.05. The zero-order chi connectivity index (χ0) is 26.7. The van der Waals surface area contributed by atoms with Crippen LogP contribution in [-0.4, -0.2) is 39.1 Å². The zero-order valence-electron chi connectivity index (χ0n) is 23.2. The van der Waals surface area contributed by atoms with E-state index in [9.17, 15) is 14.4 Å². The molecule has 0 saturated heterocycles. The molecular weight excluding hydrogens is 468 g/mol. The summed E-state index contributed by atoms with van der Waals surface area (Å²) in [7, 11) is -1.78. The van der Waals surface area contributed by atoms with Gasteiger partial charge in [0.25, 0.3) is 0 Å². The van der Waals surface area contributed by atoms with Gasteiger partial charge >= 0.3 is 5.97 Å². The summed E-state index contributed by atoms with van der Waals surface area (Å²) in [5.41, 5.74) is 1.49. The number of hydrogen-bond acceptors (Lipinski definition) is 5. The van der Waals surface area contributed by atoms with Crippen LogP contribution in [0.4, 0.5) is 0 Å². The van der Waals surface area contributed by atoms with Gasteiger partial charge in [0.1, 0.15) is 11.6 Å². The van der Waals surface area contributed by atoms with Gasteiger partial charge in [-0.1, -0.05) is 57.5 Å². The highest BCUT2D eigenvalue weighted by molar-refractivity contribution is 6.74. The number of esters is 1. The second-order valence-corrected chi connectivity index (χ2v) is 17.2. The largest absolute Gasteiger partial charge is 0.462 e. The van der Waals surface area contributed by atoms with Crippen LogP contribution in [-0.2, 0) is 18.8 Å². The Morgan fingerprint density at radius 2 is 1.78 bits per heavy atom. The number of ketones is 2. The lowest BCUT2D eigenvalue weighted by Crippen LogP contribution is -2.44. The van der Waals surface area contributed by atoms with Crippen LogP contribution in [0.25, 0.3) is 0 Å². The van der Waals surface area contributed by atoms with E-state index in [4.69, 9.17) is 9.16 Å². The van der Waals surface area contributed by atoms with Crippen molar-refractivity contribution in [3.63, 3.8) is 0 Å². The molecule has 36 heavy (non-hydrogen) atoms. The molecule has 0 heterocycles. The van der Waals surface area contributed by atoms with Gasteiger partial charge in [-0.15, -0.1) is 0 Å². The Balaban J connectivity index is 1.63. The maximum Gasteiger partial charge on any atom is 0.338 e. The molecule has 2 aliphatic carbocycles. The quantitative estimate of drug-likeness (QED) is 0.158. The molecule has 3 rings (SSSR count). The fraction of sp³-hybridized carbons (Fsp3) is 0.633. The second-order valence-electron chi connectivity index (χ2n) is 12.4. The van der Waals surface area contributed by atoms with Crippen molar-refractivity contribution in [3.8, 4) is 0 Å². The van der Waals surface area contributed by atoms with Crippen LogP contribution < -0.4 is 0 Å². The number of Topliss-reactive ketones (excluding diaryl/α,β-unsaturated/α-hetero) is 2. The molecule has 2 fully saturated rings. The lowest BCUT2D eigenvalue weighted by atomic mass is 9.59. The van der Waals surface area contributed by atoms with Gasteiger partial charge in [-0.3, -0.25) is 9.59 Å². The Kier molecular flexibility index (Phi) is 8.82. The summed E-state index contributed by atoms with van der Waals surface area (Å²) in [4.78, 5) is 38.5. The summed E-state index contributed by atoms with van der Waals surface area (Å²) >= 11 is 0. The number of hydrogen-bond donors (Lipinski definition) is 0. The summed E-state index contributed by atoms with van der Waals surface area (Å²) in [6.07, 6.45) is 5.18. The third-order valence-electron chi connectivity index (χ3n) is 9.06. The van der Waals surface area contributed by atoms with Gasteiger partial charge in [-0.05, 0) is 67.8 Å². The molecule has 0 radical (unpaired) electrons. The normalized spacial score (nSPS) is 27.2. The molecule has 5 nitrogen and oxygen atoms in total. The Labute approximate surface area is 218 Å². The summed E-state index contributed by atoms with van der Waals surface area (Å²) < 4.78 is 11.8. The van der Waals surface area contributed by atoms with Crippen molar-refractivity contribution >= 4 is 25.9 Å². The number of fused-ring (bicyclic) bond motifs is 1. The van der Waals surface area contributed by atoms with Crippen LogP contribution in [0.1, 0.15) is 77.1 Å². The Morgan fingerprint density at radius 3 is 2.42 bits per heavy atom. The molecule has 0 bridgehead atoms. The van der Waals surface area contributed by atoms with Crippen molar-refractivity contribution in [2.45, 2.75) is 84.9 Å². The number of benzene rings is 1. The van der Waals surface area contributed by atoms with Crippen molar-refractivity contribution in [1.82, 2.24) is 0 Å². The van der Waals surface area contributed by atoms with Gasteiger partial charge in [-0.2, -0.15) is 0 Å². The first-order valence-corrected chi connectivity index (χ1v) is 16.3. The van der Waals surface area contributed by atoms with Gasteiger partial charge < -0.3 is 9.16 Å². The average Bonchev–Trinajstić information content (AvgIpc) is 3.09. The van der Waals surface area contributed by atoms with E-state index in [1.165, 1.54) is 5.57 Å². The first kappa shape index (κ1) is 28.5. The van der Waals surface area contributed by atoms with Gasteiger partial charge in [0.2, 0.25) is 0 Å². The molecule has 0 spiro atoms. The van der Waals surface area contributed by atoms with Crippen molar-refractivity contribution in [2.24, 2.45) is 23.2 Å². The van der Waals surface area contributed by atoms with Crippen molar-refractivity contribution < 1.29 is 23.5 Å². The minimum absolute atomic E-state index is 0.131. The monoisotopic (exact) mass is 512 g/mol. The third-order valence-corrected chi connectivity index (χ3v) is 13.6. The van der Waals surface area contributed by atoms with E-state index >= 15 is 0 Å². The summed E-state index contributed by atoms with van der Waals surface area (Å²) in [5.74, 6) is -0.612. The molecule has 0 unspecified atom stereocenters. The molecule has 1 aromatic rings. The topological polar surface area (TPSA) is 69.7 Å². The average molecular weight is 513 g/mol. The van der Waals surface area contributed by atoms with E-state index in [0.29, 0.717) is 31.4 Å². The van der Waals surface area contributed by atoms with Crippen LogP contribution >= 0.6 is 0 Å². The van der Waals surface area contributed by atoms with E-state index in [2.05, 4.69) is 53.8 Å². The third kappa shape index (κ3) is 6.08. The van der Waals surface area contributed by atoms with E-state index in [0.717, 1.165) is 12.8 Å². The fourth-order valence-electron chi connectivity index (χ4n) is 5.83. The van der Waals surface area contributed by atoms with Crippen LogP contribution in [0.3, 0.4) is 0 Å². The van der Waals surface area contributed by atoms with E-state index < -0.39 is 14.3 Å². The van der Waals surface area contributed by atoms with Crippen molar-refractivity contribution in [3.05, 3.63) is 47.5 Å². The minimum Gasteiger partial charge on any atom is -0.462 e. The predicted molar refractivity (Wildman–Crippen MR) is 145 cm³/mol. The van der Waals surface area contributed by atoms with Crippen LogP contribution in [0.2, 0.25) is 18.1 Å². The van der Waals surface area contributed by atoms with Crippen molar-refractivity contribution in [1.29, 1.82) is 0 Å². The Bertz CT molecular complexity index is 990. The molecule has 4 atom stereocenters. The lowest BCUT2D eigenvalue weighted by Gasteiger charge is -2.43. The molecule has 0 N–H and O–H groups in total. The number of carbonyl (C=O) groups is 3. The van der Waals surface area contributed by atoms with Gasteiger partial charge in [-0.25, -0.2) is 4.79 Å². The van der Waals surface area contributed by atoms with Gasteiger partial charge in [0.15, 0.2) is 8.32 Å². The summed E-state index contributed by atoms with van der Waals surface area (Å²) in [6.45, 7) is 16.4. The summed E-state index contributed by atoms with van der Waals surface area (Å²) in [5, 5.41) is 0.184. The molecule has 198 valence electrons. The molecule has 2 aliphatic rings. The standard InChI is InChI=1S/C30H44O5Si/c1-21(12-11-18-35-36(6,7)29(2,3)4)24-20-26(32)27-23(25(31)15-17-30(24,27)5)16-19-34-28(33)22-13-9-8-10-14-22/h8-10,12-14,23-24,27H,11,15-20H2,1-7H3/b21-12+/t23-,24-,27+,30-/m1/s1. The highest BCUT2D eigenvalue weighted by atomic mass is 28.4. The van der Waals surface area contributed by atoms with E-state index in [-0.39, 0.29) is 46.4 Å². The molecule has 6 heteroatoms. The number of rotatable bonds is 9. The van der Waals surface area contributed by atoms with E-state index in [1.54, 1.807) is 24.3 Å². The first-order chi connectivity index (χ1) is 16.8. The van der Waals surface area contributed by atoms with Crippen molar-refractivity contribution in [2.75, 3.05) is 13.2 Å². The molecule has 0 aromatic heterocycles. The molecule has 0 amide bonds. The summed E-state index contributed by atoms with van der Waals surface area (Å²) in [6, 6.07) is 8.85.